The van der Waals surface area contributed by atoms with Crippen molar-refractivity contribution in [3.05, 3.63) is 46.5 Å². The van der Waals surface area contributed by atoms with E-state index in [1.54, 1.807) is 13.4 Å². The number of hydrogen-bond donors (Lipinski definition) is 2. The Morgan fingerprint density at radius 2 is 2.08 bits per heavy atom. The highest BCUT2D eigenvalue weighted by molar-refractivity contribution is 14.0. The highest BCUT2D eigenvalue weighted by Gasteiger charge is 2.45. The Bertz CT molecular complexity index is 710. The van der Waals surface area contributed by atoms with Gasteiger partial charge in [0.1, 0.15) is 6.33 Å². The average Bonchev–Trinajstić information content (AvgIpc) is 3.23. The van der Waals surface area contributed by atoms with Crippen molar-refractivity contribution in [1.82, 2.24) is 25.4 Å². The van der Waals surface area contributed by atoms with Crippen LogP contribution in [0.4, 0.5) is 0 Å². The Balaban J connectivity index is 0.00000208. The van der Waals surface area contributed by atoms with E-state index in [0.29, 0.717) is 6.54 Å². The zero-order valence-electron chi connectivity index (χ0n) is 13.8. The van der Waals surface area contributed by atoms with E-state index in [2.05, 4.69) is 66.0 Å². The fourth-order valence-corrected chi connectivity index (χ4v) is 3.39. The standard InChI is InChI=1S/C16H21BrN6.HI/c1-18-15(19-9-14-22-21-11-23(14)2)20-10-16(7-8-16)12-5-3-4-6-13(12)17;/h3-6,11H,7-10H2,1-2H3,(H2,18,19,20);1H. The van der Waals surface area contributed by atoms with E-state index in [0.717, 1.165) is 18.3 Å². The molecule has 1 aromatic carbocycles. The van der Waals surface area contributed by atoms with Crippen LogP contribution in [0.5, 0.6) is 0 Å². The summed E-state index contributed by atoms with van der Waals surface area (Å²) < 4.78 is 3.07. The second kappa shape index (κ2) is 8.28. The van der Waals surface area contributed by atoms with E-state index in [4.69, 9.17) is 0 Å². The number of nitrogens with zero attached hydrogens (tertiary/aromatic N) is 4. The summed E-state index contributed by atoms with van der Waals surface area (Å²) in [7, 11) is 3.71. The molecule has 2 aromatic rings. The van der Waals surface area contributed by atoms with Crippen molar-refractivity contribution in [2.45, 2.75) is 24.8 Å². The highest BCUT2D eigenvalue weighted by atomic mass is 127. The molecule has 1 aliphatic carbocycles. The molecule has 0 bridgehead atoms. The summed E-state index contributed by atoms with van der Waals surface area (Å²) in [6.07, 6.45) is 4.09. The average molecular weight is 505 g/mol. The molecule has 0 spiro atoms. The first kappa shape index (κ1) is 19.2. The summed E-state index contributed by atoms with van der Waals surface area (Å²) in [5.74, 6) is 1.66. The Hall–Kier alpha value is -1.16. The monoisotopic (exact) mass is 504 g/mol. The number of hydrogen-bond acceptors (Lipinski definition) is 3. The van der Waals surface area contributed by atoms with E-state index in [9.17, 15) is 0 Å². The van der Waals surface area contributed by atoms with Gasteiger partial charge in [-0.1, -0.05) is 34.1 Å². The third-order valence-corrected chi connectivity index (χ3v) is 5.03. The van der Waals surface area contributed by atoms with Gasteiger partial charge in [0.25, 0.3) is 0 Å². The minimum Gasteiger partial charge on any atom is -0.356 e. The van der Waals surface area contributed by atoms with Crippen LogP contribution < -0.4 is 10.6 Å². The van der Waals surface area contributed by atoms with Gasteiger partial charge in [0.2, 0.25) is 0 Å². The molecule has 8 heteroatoms. The van der Waals surface area contributed by atoms with Crippen LogP contribution in [0.25, 0.3) is 0 Å². The van der Waals surface area contributed by atoms with Crippen molar-refractivity contribution in [3.63, 3.8) is 0 Å². The first-order chi connectivity index (χ1) is 11.1. The Labute approximate surface area is 167 Å². The lowest BCUT2D eigenvalue weighted by molar-refractivity contribution is 0.638. The zero-order valence-corrected chi connectivity index (χ0v) is 17.7. The third kappa shape index (κ3) is 4.27. The molecular formula is C16H22BrIN6. The molecule has 3 rings (SSSR count). The van der Waals surface area contributed by atoms with Gasteiger partial charge >= 0.3 is 0 Å². The maximum atomic E-state index is 4.29. The molecule has 0 aliphatic heterocycles. The smallest absolute Gasteiger partial charge is 0.191 e. The van der Waals surface area contributed by atoms with Gasteiger partial charge in [-0.05, 0) is 24.5 Å². The fourth-order valence-electron chi connectivity index (χ4n) is 2.69. The van der Waals surface area contributed by atoms with Crippen LogP contribution in [0, 0.1) is 0 Å². The lowest BCUT2D eigenvalue weighted by Crippen LogP contribution is -2.41. The summed E-state index contributed by atoms with van der Waals surface area (Å²) in [4.78, 5) is 4.29. The summed E-state index contributed by atoms with van der Waals surface area (Å²) in [6, 6.07) is 8.46. The molecule has 0 radical (unpaired) electrons. The third-order valence-electron chi connectivity index (χ3n) is 4.34. The maximum absolute atomic E-state index is 4.29. The molecule has 1 heterocycles. The fraction of sp³-hybridized carbons (Fsp3) is 0.438. The minimum absolute atomic E-state index is 0. The van der Waals surface area contributed by atoms with Crippen molar-refractivity contribution >= 4 is 45.9 Å². The van der Waals surface area contributed by atoms with Gasteiger partial charge in [-0.25, -0.2) is 0 Å². The number of halogens is 2. The van der Waals surface area contributed by atoms with Gasteiger partial charge < -0.3 is 15.2 Å². The van der Waals surface area contributed by atoms with E-state index in [-0.39, 0.29) is 29.4 Å². The van der Waals surface area contributed by atoms with Crippen LogP contribution >= 0.6 is 39.9 Å². The molecular weight excluding hydrogens is 483 g/mol. The molecule has 1 aliphatic rings. The molecule has 1 aromatic heterocycles. The van der Waals surface area contributed by atoms with Crippen molar-refractivity contribution < 1.29 is 0 Å². The van der Waals surface area contributed by atoms with Gasteiger partial charge in [0, 0.05) is 30.5 Å². The van der Waals surface area contributed by atoms with Crippen LogP contribution in [0.1, 0.15) is 24.2 Å². The van der Waals surface area contributed by atoms with Crippen LogP contribution in [0.2, 0.25) is 0 Å². The van der Waals surface area contributed by atoms with E-state index in [1.165, 1.54) is 22.9 Å². The predicted octanol–water partition coefficient (Wildman–Crippen LogP) is 2.59. The molecule has 0 saturated heterocycles. The first-order valence-corrected chi connectivity index (χ1v) is 8.46. The second-order valence-corrected chi connectivity index (χ2v) is 6.75. The van der Waals surface area contributed by atoms with Crippen LogP contribution in [-0.4, -0.2) is 34.3 Å². The Kier molecular flexibility index (Phi) is 6.62. The molecule has 6 nitrogen and oxygen atoms in total. The molecule has 0 amide bonds. The predicted molar refractivity (Wildman–Crippen MR) is 110 cm³/mol. The topological polar surface area (TPSA) is 67.1 Å². The maximum Gasteiger partial charge on any atom is 0.191 e. The van der Waals surface area contributed by atoms with Gasteiger partial charge in [0.05, 0.1) is 6.54 Å². The number of aryl methyl sites for hydroxylation is 1. The van der Waals surface area contributed by atoms with E-state index >= 15 is 0 Å². The van der Waals surface area contributed by atoms with Crippen molar-refractivity contribution in [2.75, 3.05) is 13.6 Å². The molecule has 1 fully saturated rings. The summed E-state index contributed by atoms with van der Waals surface area (Å²) in [5.41, 5.74) is 1.58. The minimum atomic E-state index is 0. The largest absolute Gasteiger partial charge is 0.356 e. The quantitative estimate of drug-likeness (QED) is 0.373. The first-order valence-electron chi connectivity index (χ1n) is 7.67. The van der Waals surface area contributed by atoms with Crippen molar-refractivity contribution in [2.24, 2.45) is 12.0 Å². The number of benzene rings is 1. The molecule has 0 unspecified atom stereocenters. The summed E-state index contributed by atoms with van der Waals surface area (Å²) in [5, 5.41) is 14.7. The van der Waals surface area contributed by atoms with Gasteiger partial charge in [-0.15, -0.1) is 34.2 Å². The molecule has 24 heavy (non-hydrogen) atoms. The molecule has 130 valence electrons. The molecule has 0 atom stereocenters. The summed E-state index contributed by atoms with van der Waals surface area (Å²) >= 11 is 3.67. The number of aromatic nitrogens is 3. The van der Waals surface area contributed by atoms with E-state index < -0.39 is 0 Å². The van der Waals surface area contributed by atoms with Crippen LogP contribution in [0.15, 0.2) is 40.1 Å². The number of aliphatic imine (C=N–C) groups is 1. The van der Waals surface area contributed by atoms with Gasteiger partial charge in [0.15, 0.2) is 11.8 Å². The Morgan fingerprint density at radius 1 is 1.33 bits per heavy atom. The lowest BCUT2D eigenvalue weighted by Gasteiger charge is -2.20. The van der Waals surface area contributed by atoms with Crippen molar-refractivity contribution in [3.8, 4) is 0 Å². The molecule has 1 saturated carbocycles. The number of rotatable bonds is 5. The lowest BCUT2D eigenvalue weighted by atomic mass is 9.96. The number of nitrogens with one attached hydrogen (secondary N) is 2. The normalized spacial score (nSPS) is 15.5. The second-order valence-electron chi connectivity index (χ2n) is 5.90. The zero-order chi connectivity index (χ0) is 16.3. The Morgan fingerprint density at radius 3 is 2.67 bits per heavy atom. The summed E-state index contributed by atoms with van der Waals surface area (Å²) in [6.45, 7) is 1.46. The van der Waals surface area contributed by atoms with E-state index in [1.807, 2.05) is 11.6 Å². The van der Waals surface area contributed by atoms with Crippen LogP contribution in [0.3, 0.4) is 0 Å². The van der Waals surface area contributed by atoms with Crippen molar-refractivity contribution in [1.29, 1.82) is 0 Å². The SMILES string of the molecule is CN=C(NCc1nncn1C)NCC1(c2ccccc2Br)CC1.I. The molecule has 2 N–H and O–H groups in total. The van der Waals surface area contributed by atoms with Gasteiger partial charge in [-0.2, -0.15) is 0 Å². The highest BCUT2D eigenvalue weighted by Crippen LogP contribution is 2.49. The van der Waals surface area contributed by atoms with Gasteiger partial charge in [-0.3, -0.25) is 4.99 Å². The number of guanidine groups is 1. The van der Waals surface area contributed by atoms with Crippen LogP contribution in [-0.2, 0) is 19.0 Å².